The van der Waals surface area contributed by atoms with E-state index in [2.05, 4.69) is 32.5 Å². The van der Waals surface area contributed by atoms with Gasteiger partial charge in [0.25, 0.3) is 0 Å². The lowest BCUT2D eigenvalue weighted by Gasteiger charge is -2.32. The van der Waals surface area contributed by atoms with Crippen LogP contribution in [0.4, 0.5) is 5.69 Å². The highest BCUT2D eigenvalue weighted by atomic mass is 16.5. The number of nitrogens with one attached hydrogen (secondary N) is 2. The second-order valence-electron chi connectivity index (χ2n) is 6.30. The summed E-state index contributed by atoms with van der Waals surface area (Å²) in [5.74, 6) is 1.18. The molecule has 128 valence electrons. The van der Waals surface area contributed by atoms with Crippen LogP contribution >= 0.6 is 0 Å². The van der Waals surface area contributed by atoms with E-state index in [4.69, 9.17) is 4.74 Å². The lowest BCUT2D eigenvalue weighted by Crippen LogP contribution is -2.34. The Morgan fingerprint density at radius 1 is 1.50 bits per heavy atom. The summed E-state index contributed by atoms with van der Waals surface area (Å²) >= 11 is 0. The number of carbonyl (C=O) groups is 1. The lowest BCUT2D eigenvalue weighted by atomic mass is 9.93. The Labute approximate surface area is 142 Å². The van der Waals surface area contributed by atoms with Gasteiger partial charge in [0.1, 0.15) is 5.75 Å². The number of hydrogen-bond acceptors (Lipinski definition) is 4. The molecule has 1 unspecified atom stereocenters. The zero-order valence-electron chi connectivity index (χ0n) is 14.2. The minimum Gasteiger partial charge on any atom is -0.497 e. The molecule has 0 bridgehead atoms. The number of amides is 1. The number of aromatic nitrogens is 2. The fraction of sp³-hybridized carbons (Fsp3) is 0.444. The van der Waals surface area contributed by atoms with Gasteiger partial charge in [0.2, 0.25) is 5.91 Å². The van der Waals surface area contributed by atoms with Gasteiger partial charge in [-0.3, -0.25) is 14.8 Å². The molecule has 0 saturated carbocycles. The Hall–Kier alpha value is -2.34. The number of hydrogen-bond donors (Lipinski definition) is 2. The summed E-state index contributed by atoms with van der Waals surface area (Å²) in [5.41, 5.74) is 3.08. The van der Waals surface area contributed by atoms with Crippen molar-refractivity contribution in [3.63, 3.8) is 0 Å². The molecule has 2 heterocycles. The van der Waals surface area contributed by atoms with Crippen molar-refractivity contribution in [2.24, 2.45) is 0 Å². The largest absolute Gasteiger partial charge is 0.497 e. The van der Waals surface area contributed by atoms with E-state index in [-0.39, 0.29) is 5.91 Å². The van der Waals surface area contributed by atoms with Crippen LogP contribution in [0.25, 0.3) is 0 Å². The number of piperidine rings is 1. The third-order valence-electron chi connectivity index (χ3n) is 4.43. The molecular formula is C18H24N4O2. The normalized spacial score (nSPS) is 18.3. The van der Waals surface area contributed by atoms with Gasteiger partial charge in [0, 0.05) is 25.9 Å². The summed E-state index contributed by atoms with van der Waals surface area (Å²) in [7, 11) is 1.69. The minimum absolute atomic E-state index is 0.0679. The van der Waals surface area contributed by atoms with Crippen LogP contribution in [0.2, 0.25) is 0 Å². The number of anilines is 1. The van der Waals surface area contributed by atoms with Gasteiger partial charge in [-0.1, -0.05) is 12.1 Å². The molecule has 1 aromatic carbocycles. The summed E-state index contributed by atoms with van der Waals surface area (Å²) in [6.07, 6.45) is 3.92. The summed E-state index contributed by atoms with van der Waals surface area (Å²) in [5, 5.41) is 10.0. The van der Waals surface area contributed by atoms with Gasteiger partial charge < -0.3 is 10.1 Å². The van der Waals surface area contributed by atoms with Crippen molar-refractivity contribution in [2.45, 2.75) is 32.2 Å². The van der Waals surface area contributed by atoms with Crippen molar-refractivity contribution in [3.8, 4) is 5.75 Å². The van der Waals surface area contributed by atoms with Gasteiger partial charge in [-0.15, -0.1) is 0 Å². The number of carbonyl (C=O) groups excluding carboxylic acids is 1. The van der Waals surface area contributed by atoms with E-state index in [0.717, 1.165) is 49.6 Å². The Morgan fingerprint density at radius 3 is 3.17 bits per heavy atom. The van der Waals surface area contributed by atoms with E-state index >= 15 is 0 Å². The van der Waals surface area contributed by atoms with E-state index in [0.29, 0.717) is 5.92 Å². The van der Waals surface area contributed by atoms with Gasteiger partial charge in [-0.05, 0) is 37.1 Å². The summed E-state index contributed by atoms with van der Waals surface area (Å²) in [4.78, 5) is 13.8. The first-order valence-corrected chi connectivity index (χ1v) is 8.32. The average Bonchev–Trinajstić information content (AvgIpc) is 3.02. The maximum absolute atomic E-state index is 11.3. The molecule has 6 nitrogen and oxygen atoms in total. The van der Waals surface area contributed by atoms with Gasteiger partial charge in [0.15, 0.2) is 0 Å². The molecule has 24 heavy (non-hydrogen) atoms. The molecule has 0 spiro atoms. The monoisotopic (exact) mass is 328 g/mol. The predicted octanol–water partition coefficient (Wildman–Crippen LogP) is 2.76. The van der Waals surface area contributed by atoms with Crippen molar-refractivity contribution in [1.29, 1.82) is 0 Å². The van der Waals surface area contributed by atoms with E-state index in [1.165, 1.54) is 12.5 Å². The molecule has 2 aromatic rings. The minimum atomic E-state index is -0.0679. The molecule has 3 rings (SSSR count). The highest BCUT2D eigenvalue weighted by Crippen LogP contribution is 2.31. The van der Waals surface area contributed by atoms with Gasteiger partial charge >= 0.3 is 0 Å². The van der Waals surface area contributed by atoms with Crippen LogP contribution in [-0.4, -0.2) is 41.2 Å². The second-order valence-corrected chi connectivity index (χ2v) is 6.30. The van der Waals surface area contributed by atoms with Crippen LogP contribution in [0.3, 0.4) is 0 Å². The summed E-state index contributed by atoms with van der Waals surface area (Å²) < 4.78 is 5.30. The van der Waals surface area contributed by atoms with Crippen molar-refractivity contribution >= 4 is 11.6 Å². The molecule has 1 saturated heterocycles. The smallest absolute Gasteiger partial charge is 0.221 e. The van der Waals surface area contributed by atoms with Gasteiger partial charge in [-0.25, -0.2) is 0 Å². The molecule has 1 aromatic heterocycles. The highest BCUT2D eigenvalue weighted by Gasteiger charge is 2.25. The van der Waals surface area contributed by atoms with Crippen LogP contribution in [0, 0.1) is 0 Å². The maximum atomic E-state index is 11.3. The standard InChI is InChI=1S/C18H24N4O2/c1-13(23)20-17-10-19-21-18(17)15-6-4-8-22(12-15)11-14-5-3-7-16(9-14)24-2/h3,5,7,9-10,15H,4,6,8,11-12H2,1-2H3,(H,19,21)(H,20,23). The average molecular weight is 328 g/mol. The van der Waals surface area contributed by atoms with Gasteiger partial charge in [-0.2, -0.15) is 5.10 Å². The van der Waals surface area contributed by atoms with E-state index in [1.807, 2.05) is 12.1 Å². The number of likely N-dealkylation sites (tertiary alicyclic amines) is 1. The molecule has 1 atom stereocenters. The maximum Gasteiger partial charge on any atom is 0.221 e. The molecule has 2 N–H and O–H groups in total. The van der Waals surface area contributed by atoms with Crippen molar-refractivity contribution in [1.82, 2.24) is 15.1 Å². The molecule has 1 aliphatic rings. The molecule has 0 radical (unpaired) electrons. The molecule has 1 fully saturated rings. The number of aromatic amines is 1. The first kappa shape index (κ1) is 16.5. The molecule has 6 heteroatoms. The van der Waals surface area contributed by atoms with E-state index in [9.17, 15) is 4.79 Å². The number of methoxy groups -OCH3 is 1. The fourth-order valence-corrected chi connectivity index (χ4v) is 3.36. The predicted molar refractivity (Wildman–Crippen MR) is 93.1 cm³/mol. The van der Waals surface area contributed by atoms with Crippen LogP contribution in [0.15, 0.2) is 30.5 Å². The first-order chi connectivity index (χ1) is 11.7. The molecule has 0 aliphatic carbocycles. The highest BCUT2D eigenvalue weighted by molar-refractivity contribution is 5.89. The Morgan fingerprint density at radius 2 is 2.38 bits per heavy atom. The Kier molecular flexibility index (Phi) is 5.15. The number of rotatable bonds is 5. The number of nitrogens with zero attached hydrogens (tertiary/aromatic N) is 2. The van der Waals surface area contributed by atoms with Crippen molar-refractivity contribution in [3.05, 3.63) is 41.7 Å². The first-order valence-electron chi connectivity index (χ1n) is 8.32. The Bertz CT molecular complexity index is 698. The lowest BCUT2D eigenvalue weighted by molar-refractivity contribution is -0.114. The molecule has 1 aliphatic heterocycles. The van der Waals surface area contributed by atoms with Crippen LogP contribution in [0.5, 0.6) is 5.75 Å². The van der Waals surface area contributed by atoms with Crippen LogP contribution in [0.1, 0.15) is 36.9 Å². The fourth-order valence-electron chi connectivity index (χ4n) is 3.36. The quantitative estimate of drug-likeness (QED) is 0.885. The number of ether oxygens (including phenoxy) is 1. The van der Waals surface area contributed by atoms with Crippen molar-refractivity contribution < 1.29 is 9.53 Å². The number of H-pyrrole nitrogens is 1. The zero-order valence-corrected chi connectivity index (χ0v) is 14.2. The molecular weight excluding hydrogens is 304 g/mol. The SMILES string of the molecule is COc1cccc(CN2CCCC(c3[nH]ncc3NC(C)=O)C2)c1. The van der Waals surface area contributed by atoms with Crippen molar-refractivity contribution in [2.75, 3.05) is 25.5 Å². The second kappa shape index (κ2) is 7.49. The van der Waals surface area contributed by atoms with Crippen LogP contribution in [-0.2, 0) is 11.3 Å². The summed E-state index contributed by atoms with van der Waals surface area (Å²) in [6, 6.07) is 8.21. The molecule has 1 amide bonds. The van der Waals surface area contributed by atoms with Gasteiger partial charge in [0.05, 0.1) is 24.7 Å². The zero-order chi connectivity index (χ0) is 16.9. The summed E-state index contributed by atoms with van der Waals surface area (Å²) in [6.45, 7) is 4.45. The van der Waals surface area contributed by atoms with E-state index < -0.39 is 0 Å². The third-order valence-corrected chi connectivity index (χ3v) is 4.43. The number of benzene rings is 1. The van der Waals surface area contributed by atoms with Crippen LogP contribution < -0.4 is 10.1 Å². The Balaban J connectivity index is 1.68. The third kappa shape index (κ3) is 3.94. The van der Waals surface area contributed by atoms with E-state index in [1.54, 1.807) is 13.3 Å². The topological polar surface area (TPSA) is 70.2 Å².